The summed E-state index contributed by atoms with van der Waals surface area (Å²) in [6.45, 7) is 0. The van der Waals surface area contributed by atoms with Crippen LogP contribution in [-0.2, 0) is 6.42 Å². The zero-order valence-corrected chi connectivity index (χ0v) is 13.9. The molecule has 0 aliphatic rings. The Morgan fingerprint density at radius 2 is 1.57 bits per heavy atom. The first kappa shape index (κ1) is 14.6. The molecule has 2 heteroatoms. The fourth-order valence-corrected chi connectivity index (χ4v) is 3.67. The van der Waals surface area contributed by atoms with Crippen molar-refractivity contribution in [3.63, 3.8) is 0 Å². The third kappa shape index (κ3) is 3.14. The Morgan fingerprint density at radius 1 is 0.857 bits per heavy atom. The summed E-state index contributed by atoms with van der Waals surface area (Å²) in [5.41, 5.74) is 2.63. The van der Waals surface area contributed by atoms with Crippen LogP contribution >= 0.6 is 27.5 Å². The van der Waals surface area contributed by atoms with Gasteiger partial charge in [0.05, 0.1) is 0 Å². The van der Waals surface area contributed by atoms with Crippen molar-refractivity contribution in [1.29, 1.82) is 0 Å². The maximum Gasteiger partial charge on any atom is 0.0295 e. The van der Waals surface area contributed by atoms with E-state index in [-0.39, 0.29) is 0 Å². The molecule has 0 aromatic heterocycles. The van der Waals surface area contributed by atoms with E-state index in [1.807, 2.05) is 6.07 Å². The average molecular weight is 360 g/mol. The summed E-state index contributed by atoms with van der Waals surface area (Å²) in [6, 6.07) is 23.4. The van der Waals surface area contributed by atoms with Crippen LogP contribution in [0.25, 0.3) is 10.8 Å². The van der Waals surface area contributed by atoms with Crippen LogP contribution in [0.5, 0.6) is 0 Å². The molecule has 0 aliphatic heterocycles. The largest absolute Gasteiger partial charge is 0.126 e. The number of benzene rings is 3. The van der Waals surface area contributed by atoms with Gasteiger partial charge in [-0.1, -0.05) is 76.6 Å². The van der Waals surface area contributed by atoms with Crippen LogP contribution < -0.4 is 0 Å². The van der Waals surface area contributed by atoms with Crippen molar-refractivity contribution < 1.29 is 0 Å². The highest BCUT2D eigenvalue weighted by atomic mass is 79.9. The molecule has 3 rings (SSSR count). The molecule has 106 valence electrons. The summed E-state index contributed by atoms with van der Waals surface area (Å²) in [4.78, 5) is 0. The molecule has 0 saturated carbocycles. The van der Waals surface area contributed by atoms with E-state index in [0.29, 0.717) is 11.8 Å². The molecule has 0 N–H and O–H groups in total. The number of hydrogen-bond acceptors (Lipinski definition) is 0. The Hall–Kier alpha value is -1.31. The van der Waals surface area contributed by atoms with Crippen molar-refractivity contribution in [3.8, 4) is 0 Å². The van der Waals surface area contributed by atoms with E-state index in [1.165, 1.54) is 21.9 Å². The van der Waals surface area contributed by atoms with Crippen LogP contribution in [0.1, 0.15) is 17.0 Å². The molecule has 0 fully saturated rings. The zero-order valence-electron chi connectivity index (χ0n) is 11.6. The van der Waals surface area contributed by atoms with Gasteiger partial charge in [-0.25, -0.2) is 0 Å². The standard InChI is InChI=1S/C19H16BrCl/c20-19-11-4-3-10-18(19)16(13-21)12-15-8-5-7-14-6-1-2-9-17(14)15/h1-11,16H,12-13H2. The van der Waals surface area contributed by atoms with Crippen molar-refractivity contribution in [1.82, 2.24) is 0 Å². The lowest BCUT2D eigenvalue weighted by Gasteiger charge is -2.17. The topological polar surface area (TPSA) is 0 Å². The Kier molecular flexibility index (Phi) is 4.62. The van der Waals surface area contributed by atoms with Gasteiger partial charge in [0.2, 0.25) is 0 Å². The molecule has 0 nitrogen and oxygen atoms in total. The van der Waals surface area contributed by atoms with E-state index in [1.54, 1.807) is 0 Å². The average Bonchev–Trinajstić information content (AvgIpc) is 2.53. The summed E-state index contributed by atoms with van der Waals surface area (Å²) in [5, 5.41) is 2.61. The summed E-state index contributed by atoms with van der Waals surface area (Å²) >= 11 is 9.90. The van der Waals surface area contributed by atoms with Crippen LogP contribution in [0.15, 0.2) is 71.2 Å². The van der Waals surface area contributed by atoms with Gasteiger partial charge in [0, 0.05) is 16.3 Å². The van der Waals surface area contributed by atoms with Crippen LogP contribution in [0, 0.1) is 0 Å². The van der Waals surface area contributed by atoms with Gasteiger partial charge in [0.15, 0.2) is 0 Å². The van der Waals surface area contributed by atoms with Gasteiger partial charge in [0.25, 0.3) is 0 Å². The van der Waals surface area contributed by atoms with Crippen LogP contribution in [0.4, 0.5) is 0 Å². The number of alkyl halides is 1. The van der Waals surface area contributed by atoms with Crippen molar-refractivity contribution >= 4 is 38.3 Å². The van der Waals surface area contributed by atoms with Gasteiger partial charge >= 0.3 is 0 Å². The van der Waals surface area contributed by atoms with E-state index in [9.17, 15) is 0 Å². The van der Waals surface area contributed by atoms with Gasteiger partial charge in [-0.2, -0.15) is 0 Å². The minimum atomic E-state index is 0.313. The Labute approximate surface area is 138 Å². The first-order valence-electron chi connectivity index (χ1n) is 7.06. The second-order valence-corrected chi connectivity index (χ2v) is 6.38. The minimum Gasteiger partial charge on any atom is -0.126 e. The summed E-state index contributed by atoms with van der Waals surface area (Å²) in [7, 11) is 0. The fourth-order valence-electron chi connectivity index (χ4n) is 2.79. The molecular weight excluding hydrogens is 344 g/mol. The van der Waals surface area contributed by atoms with Crippen molar-refractivity contribution in [2.75, 3.05) is 5.88 Å². The van der Waals surface area contributed by atoms with E-state index >= 15 is 0 Å². The van der Waals surface area contributed by atoms with Crippen molar-refractivity contribution in [3.05, 3.63) is 82.3 Å². The Bertz CT molecular complexity index is 746. The molecular formula is C19H16BrCl. The first-order valence-corrected chi connectivity index (χ1v) is 8.39. The molecule has 0 heterocycles. The lowest BCUT2D eigenvalue weighted by atomic mass is 9.91. The molecule has 3 aromatic carbocycles. The lowest BCUT2D eigenvalue weighted by molar-refractivity contribution is 0.766. The predicted molar refractivity (Wildman–Crippen MR) is 95.3 cm³/mol. The summed E-state index contributed by atoms with van der Waals surface area (Å²) in [5.74, 6) is 0.930. The number of fused-ring (bicyclic) bond motifs is 1. The maximum atomic E-state index is 6.25. The summed E-state index contributed by atoms with van der Waals surface area (Å²) < 4.78 is 1.14. The molecule has 0 amide bonds. The normalized spacial score (nSPS) is 12.5. The highest BCUT2D eigenvalue weighted by Gasteiger charge is 2.15. The van der Waals surface area contributed by atoms with E-state index in [0.717, 1.165) is 10.9 Å². The lowest BCUT2D eigenvalue weighted by Crippen LogP contribution is -2.06. The number of rotatable bonds is 4. The van der Waals surface area contributed by atoms with E-state index < -0.39 is 0 Å². The third-order valence-corrected chi connectivity index (χ3v) is 4.97. The van der Waals surface area contributed by atoms with Crippen LogP contribution in [0.2, 0.25) is 0 Å². The smallest absolute Gasteiger partial charge is 0.0295 e. The first-order chi connectivity index (χ1) is 10.3. The molecule has 3 aromatic rings. The van der Waals surface area contributed by atoms with Crippen molar-refractivity contribution in [2.24, 2.45) is 0 Å². The second kappa shape index (κ2) is 6.64. The minimum absolute atomic E-state index is 0.313. The molecule has 21 heavy (non-hydrogen) atoms. The monoisotopic (exact) mass is 358 g/mol. The number of hydrogen-bond donors (Lipinski definition) is 0. The molecule has 0 aliphatic carbocycles. The molecule has 0 bridgehead atoms. The molecule has 0 radical (unpaired) electrons. The molecule has 0 saturated heterocycles. The van der Waals surface area contributed by atoms with Gasteiger partial charge in [-0.15, -0.1) is 11.6 Å². The fraction of sp³-hybridized carbons (Fsp3) is 0.158. The zero-order chi connectivity index (χ0) is 14.7. The third-order valence-electron chi connectivity index (χ3n) is 3.88. The quantitative estimate of drug-likeness (QED) is 0.489. The Morgan fingerprint density at radius 3 is 2.38 bits per heavy atom. The second-order valence-electron chi connectivity index (χ2n) is 5.22. The van der Waals surface area contributed by atoms with Gasteiger partial charge in [-0.05, 0) is 34.4 Å². The predicted octanol–water partition coefficient (Wildman–Crippen LogP) is 6.17. The van der Waals surface area contributed by atoms with Crippen LogP contribution in [0.3, 0.4) is 0 Å². The molecule has 0 spiro atoms. The van der Waals surface area contributed by atoms with E-state index in [4.69, 9.17) is 11.6 Å². The number of halogens is 2. The highest BCUT2D eigenvalue weighted by Crippen LogP contribution is 2.31. The Balaban J connectivity index is 1.98. The van der Waals surface area contributed by atoms with Gasteiger partial charge in [-0.3, -0.25) is 0 Å². The highest BCUT2D eigenvalue weighted by molar-refractivity contribution is 9.10. The SMILES string of the molecule is ClCC(Cc1cccc2ccccc12)c1ccccc1Br. The van der Waals surface area contributed by atoms with Gasteiger partial charge < -0.3 is 0 Å². The maximum absolute atomic E-state index is 6.25. The summed E-state index contributed by atoms with van der Waals surface area (Å²) in [6.07, 6.45) is 0.952. The van der Waals surface area contributed by atoms with Crippen LogP contribution in [-0.4, -0.2) is 5.88 Å². The molecule has 1 unspecified atom stereocenters. The van der Waals surface area contributed by atoms with E-state index in [2.05, 4.69) is 76.6 Å². The molecule has 1 atom stereocenters. The van der Waals surface area contributed by atoms with Gasteiger partial charge in [0.1, 0.15) is 0 Å². The van der Waals surface area contributed by atoms with Crippen molar-refractivity contribution in [2.45, 2.75) is 12.3 Å².